The molecule has 0 saturated carbocycles. The first-order valence-corrected chi connectivity index (χ1v) is 6.74. The van der Waals surface area contributed by atoms with Crippen LogP contribution in [-0.4, -0.2) is 12.5 Å². The molecule has 2 N–H and O–H groups in total. The zero-order valence-electron chi connectivity index (χ0n) is 12.2. The minimum Gasteiger partial charge on any atom is -0.484 e. The standard InChI is InChI=1S/C17H17FN2O2/c1-12-3-5-14(6-4-12)13(2)19-20-17(21)11-22-16-9-7-15(18)8-10-16/h3-10,19H,2,11H2,1H3,(H,20,21). The summed E-state index contributed by atoms with van der Waals surface area (Å²) < 4.78 is 18.0. The zero-order valence-corrected chi connectivity index (χ0v) is 12.2. The van der Waals surface area contributed by atoms with E-state index in [2.05, 4.69) is 17.4 Å². The summed E-state index contributed by atoms with van der Waals surface area (Å²) in [5.41, 5.74) is 7.82. The molecule has 0 aromatic heterocycles. The van der Waals surface area contributed by atoms with Crippen molar-refractivity contribution in [2.75, 3.05) is 6.61 Å². The maximum atomic E-state index is 12.7. The van der Waals surface area contributed by atoms with Crippen LogP contribution in [0.1, 0.15) is 11.1 Å². The third-order valence-electron chi connectivity index (χ3n) is 2.94. The Morgan fingerprint density at radius 2 is 1.73 bits per heavy atom. The zero-order chi connectivity index (χ0) is 15.9. The lowest BCUT2D eigenvalue weighted by molar-refractivity contribution is -0.123. The van der Waals surface area contributed by atoms with Crippen molar-refractivity contribution in [3.63, 3.8) is 0 Å². The number of aryl methyl sites for hydroxylation is 1. The molecule has 0 saturated heterocycles. The van der Waals surface area contributed by atoms with Crippen LogP contribution in [0.3, 0.4) is 0 Å². The van der Waals surface area contributed by atoms with Crippen molar-refractivity contribution in [1.29, 1.82) is 0 Å². The molecular formula is C17H17FN2O2. The average Bonchev–Trinajstić information content (AvgIpc) is 2.52. The monoisotopic (exact) mass is 300 g/mol. The number of rotatable bonds is 6. The van der Waals surface area contributed by atoms with Crippen LogP contribution in [0.4, 0.5) is 4.39 Å². The molecule has 22 heavy (non-hydrogen) atoms. The van der Waals surface area contributed by atoms with E-state index in [-0.39, 0.29) is 18.3 Å². The van der Waals surface area contributed by atoms with Crippen LogP contribution in [0, 0.1) is 12.7 Å². The first-order chi connectivity index (χ1) is 10.5. The van der Waals surface area contributed by atoms with Crippen molar-refractivity contribution in [3.8, 4) is 5.75 Å². The fourth-order valence-corrected chi connectivity index (χ4v) is 1.69. The first-order valence-electron chi connectivity index (χ1n) is 6.74. The smallest absolute Gasteiger partial charge is 0.276 e. The fraction of sp³-hybridized carbons (Fsp3) is 0.118. The van der Waals surface area contributed by atoms with Gasteiger partial charge in [-0.25, -0.2) is 4.39 Å². The van der Waals surface area contributed by atoms with Gasteiger partial charge in [-0.2, -0.15) is 0 Å². The van der Waals surface area contributed by atoms with Gasteiger partial charge >= 0.3 is 0 Å². The molecule has 4 nitrogen and oxygen atoms in total. The number of nitrogens with one attached hydrogen (secondary N) is 2. The Morgan fingerprint density at radius 3 is 2.36 bits per heavy atom. The molecule has 0 radical (unpaired) electrons. The molecule has 114 valence electrons. The van der Waals surface area contributed by atoms with Gasteiger partial charge in [0.25, 0.3) is 5.91 Å². The number of halogens is 1. The Morgan fingerprint density at radius 1 is 1.09 bits per heavy atom. The third-order valence-corrected chi connectivity index (χ3v) is 2.94. The lowest BCUT2D eigenvalue weighted by Gasteiger charge is -2.12. The van der Waals surface area contributed by atoms with Crippen LogP contribution < -0.4 is 15.6 Å². The van der Waals surface area contributed by atoms with Crippen LogP contribution in [0.5, 0.6) is 5.75 Å². The van der Waals surface area contributed by atoms with Crippen LogP contribution in [-0.2, 0) is 4.79 Å². The van der Waals surface area contributed by atoms with E-state index in [1.54, 1.807) is 0 Å². The molecule has 0 spiro atoms. The van der Waals surface area contributed by atoms with E-state index in [1.807, 2.05) is 31.2 Å². The second-order valence-electron chi connectivity index (χ2n) is 4.76. The van der Waals surface area contributed by atoms with E-state index in [0.717, 1.165) is 11.1 Å². The van der Waals surface area contributed by atoms with Crippen molar-refractivity contribution in [1.82, 2.24) is 10.9 Å². The summed E-state index contributed by atoms with van der Waals surface area (Å²) in [5.74, 6) is -0.292. The van der Waals surface area contributed by atoms with Gasteiger partial charge in [0, 0.05) is 0 Å². The molecule has 0 aliphatic rings. The molecule has 2 aromatic carbocycles. The van der Waals surface area contributed by atoms with Gasteiger partial charge < -0.3 is 4.74 Å². The number of carbonyl (C=O) groups is 1. The number of hydrazine groups is 1. The molecule has 2 rings (SSSR count). The van der Waals surface area contributed by atoms with Gasteiger partial charge in [0.15, 0.2) is 6.61 Å². The SMILES string of the molecule is C=C(NNC(=O)COc1ccc(F)cc1)c1ccc(C)cc1. The summed E-state index contributed by atoms with van der Waals surface area (Å²) in [6.07, 6.45) is 0. The highest BCUT2D eigenvalue weighted by atomic mass is 19.1. The molecule has 0 atom stereocenters. The predicted molar refractivity (Wildman–Crippen MR) is 83.4 cm³/mol. The second kappa shape index (κ2) is 7.26. The van der Waals surface area contributed by atoms with Crippen LogP contribution in [0.15, 0.2) is 55.1 Å². The Hall–Kier alpha value is -2.82. The summed E-state index contributed by atoms with van der Waals surface area (Å²) in [6.45, 7) is 5.66. The molecule has 2 aromatic rings. The Balaban J connectivity index is 1.76. The predicted octanol–water partition coefficient (Wildman–Crippen LogP) is 2.80. The van der Waals surface area contributed by atoms with E-state index in [4.69, 9.17) is 4.74 Å². The minimum atomic E-state index is -0.363. The maximum Gasteiger partial charge on any atom is 0.276 e. The molecule has 0 aliphatic carbocycles. The summed E-state index contributed by atoms with van der Waals surface area (Å²) in [5, 5.41) is 0. The number of carbonyl (C=O) groups excluding carboxylic acids is 1. The molecule has 0 aliphatic heterocycles. The van der Waals surface area contributed by atoms with Gasteiger partial charge in [-0.1, -0.05) is 36.4 Å². The third kappa shape index (κ3) is 4.63. The molecule has 0 bridgehead atoms. The highest BCUT2D eigenvalue weighted by Gasteiger charge is 2.04. The molecule has 0 heterocycles. The van der Waals surface area contributed by atoms with Crippen LogP contribution in [0.2, 0.25) is 0 Å². The maximum absolute atomic E-state index is 12.7. The van der Waals surface area contributed by atoms with E-state index < -0.39 is 0 Å². The van der Waals surface area contributed by atoms with Crippen LogP contribution >= 0.6 is 0 Å². The number of hydrogen-bond acceptors (Lipinski definition) is 3. The van der Waals surface area contributed by atoms with Crippen molar-refractivity contribution in [2.24, 2.45) is 0 Å². The van der Waals surface area contributed by atoms with E-state index in [9.17, 15) is 9.18 Å². The summed E-state index contributed by atoms with van der Waals surface area (Å²) in [7, 11) is 0. The Labute approximate surface area is 128 Å². The molecule has 1 amide bonds. The van der Waals surface area contributed by atoms with E-state index in [1.165, 1.54) is 24.3 Å². The normalized spacial score (nSPS) is 9.91. The highest BCUT2D eigenvalue weighted by Crippen LogP contribution is 2.11. The van der Waals surface area contributed by atoms with Gasteiger partial charge in [-0.15, -0.1) is 0 Å². The van der Waals surface area contributed by atoms with Gasteiger partial charge in [-0.05, 0) is 36.8 Å². The second-order valence-corrected chi connectivity index (χ2v) is 4.76. The van der Waals surface area contributed by atoms with Crippen molar-refractivity contribution < 1.29 is 13.9 Å². The lowest BCUT2D eigenvalue weighted by atomic mass is 10.1. The molecular weight excluding hydrogens is 283 g/mol. The summed E-state index contributed by atoms with van der Waals surface area (Å²) in [6, 6.07) is 13.2. The topological polar surface area (TPSA) is 50.4 Å². The van der Waals surface area contributed by atoms with Crippen molar-refractivity contribution in [3.05, 3.63) is 72.1 Å². The number of amides is 1. The lowest BCUT2D eigenvalue weighted by Crippen LogP contribution is -2.38. The number of benzene rings is 2. The van der Waals surface area contributed by atoms with Gasteiger partial charge in [-0.3, -0.25) is 15.6 Å². The molecule has 0 unspecified atom stereocenters. The largest absolute Gasteiger partial charge is 0.484 e. The molecule has 0 fully saturated rings. The Bertz CT molecular complexity index is 651. The Kier molecular flexibility index (Phi) is 5.14. The summed E-state index contributed by atoms with van der Waals surface area (Å²) >= 11 is 0. The van der Waals surface area contributed by atoms with Gasteiger partial charge in [0.2, 0.25) is 0 Å². The summed E-state index contributed by atoms with van der Waals surface area (Å²) in [4.78, 5) is 11.7. The quantitative estimate of drug-likeness (QED) is 0.807. The van der Waals surface area contributed by atoms with Crippen molar-refractivity contribution in [2.45, 2.75) is 6.92 Å². The van der Waals surface area contributed by atoms with Gasteiger partial charge in [0.05, 0.1) is 5.70 Å². The van der Waals surface area contributed by atoms with Crippen molar-refractivity contribution >= 4 is 11.6 Å². The molecule has 5 heteroatoms. The van der Waals surface area contributed by atoms with E-state index >= 15 is 0 Å². The van der Waals surface area contributed by atoms with Crippen LogP contribution in [0.25, 0.3) is 5.70 Å². The van der Waals surface area contributed by atoms with Gasteiger partial charge in [0.1, 0.15) is 11.6 Å². The average molecular weight is 300 g/mol. The first kappa shape index (κ1) is 15.6. The van der Waals surface area contributed by atoms with E-state index in [0.29, 0.717) is 11.4 Å². The highest BCUT2D eigenvalue weighted by molar-refractivity contribution is 5.78. The fourth-order valence-electron chi connectivity index (χ4n) is 1.69. The number of ether oxygens (including phenoxy) is 1. The minimum absolute atomic E-state index is 0.181. The number of hydrogen-bond donors (Lipinski definition) is 2.